The van der Waals surface area contributed by atoms with Gasteiger partial charge in [0, 0.05) is 0 Å². The van der Waals surface area contributed by atoms with Gasteiger partial charge in [0.15, 0.2) is 0 Å². The number of aryl methyl sites for hydroxylation is 2. The summed E-state index contributed by atoms with van der Waals surface area (Å²) in [5, 5.41) is 0. The zero-order valence-electron chi connectivity index (χ0n) is 11.3. The predicted molar refractivity (Wildman–Crippen MR) is 77.4 cm³/mol. The molecule has 0 radical (unpaired) electrons. The molecule has 2 aromatic rings. The molecular formula is C15H20N2S. The van der Waals surface area contributed by atoms with Crippen molar-refractivity contribution in [1.29, 1.82) is 0 Å². The Bertz CT molecular complexity index is 571. The second kappa shape index (κ2) is 4.96. The molecule has 0 saturated heterocycles. The highest BCUT2D eigenvalue weighted by Crippen LogP contribution is 2.32. The minimum atomic E-state index is 1.15. The maximum Gasteiger partial charge on any atom is 0.108 e. The molecule has 0 unspecified atom stereocenters. The maximum absolute atomic E-state index is 4.57. The summed E-state index contributed by atoms with van der Waals surface area (Å²) in [5.41, 5.74) is 8.23. The zero-order chi connectivity index (χ0) is 12.5. The van der Waals surface area contributed by atoms with Crippen molar-refractivity contribution in [3.05, 3.63) is 22.3 Å². The van der Waals surface area contributed by atoms with Crippen molar-refractivity contribution in [2.24, 2.45) is 0 Å². The maximum atomic E-state index is 4.57. The van der Waals surface area contributed by atoms with Crippen LogP contribution in [-0.2, 0) is 12.8 Å². The van der Waals surface area contributed by atoms with Gasteiger partial charge in [-0.25, -0.2) is 0 Å². The van der Waals surface area contributed by atoms with Gasteiger partial charge in [-0.1, -0.05) is 19.3 Å². The van der Waals surface area contributed by atoms with Crippen LogP contribution in [0.3, 0.4) is 0 Å². The first-order valence-electron chi connectivity index (χ1n) is 7.02. The van der Waals surface area contributed by atoms with Crippen LogP contribution >= 0.6 is 11.7 Å². The van der Waals surface area contributed by atoms with Crippen LogP contribution in [0, 0.1) is 13.8 Å². The highest BCUT2D eigenvalue weighted by molar-refractivity contribution is 7.00. The second-order valence-electron chi connectivity index (χ2n) is 5.44. The van der Waals surface area contributed by atoms with E-state index in [0.29, 0.717) is 0 Å². The molecule has 0 bridgehead atoms. The topological polar surface area (TPSA) is 25.8 Å². The Hall–Kier alpha value is -0.960. The Labute approximate surface area is 113 Å². The van der Waals surface area contributed by atoms with Crippen LogP contribution in [0.4, 0.5) is 0 Å². The average molecular weight is 260 g/mol. The predicted octanol–water partition coefficient (Wildman–Crippen LogP) is 4.36. The Morgan fingerprint density at radius 2 is 1.33 bits per heavy atom. The van der Waals surface area contributed by atoms with Crippen LogP contribution in [0.2, 0.25) is 0 Å². The van der Waals surface area contributed by atoms with Crippen LogP contribution in [0.1, 0.15) is 54.4 Å². The fourth-order valence-corrected chi connectivity index (χ4v) is 3.77. The van der Waals surface area contributed by atoms with Crippen LogP contribution in [-0.4, -0.2) is 8.75 Å². The quantitative estimate of drug-likeness (QED) is 0.703. The molecule has 3 heteroatoms. The average Bonchev–Trinajstić information content (AvgIpc) is 2.88. The number of rotatable bonds is 0. The van der Waals surface area contributed by atoms with E-state index in [0.717, 1.165) is 5.52 Å². The summed E-state index contributed by atoms with van der Waals surface area (Å²) < 4.78 is 9.06. The fraction of sp³-hybridized carbons (Fsp3) is 0.600. The minimum Gasteiger partial charge on any atom is -0.173 e. The number of hydrogen-bond donors (Lipinski definition) is 0. The summed E-state index contributed by atoms with van der Waals surface area (Å²) in [6, 6.07) is 0. The molecule has 1 aromatic heterocycles. The monoisotopic (exact) mass is 260 g/mol. The third-order valence-corrected chi connectivity index (χ3v) is 4.89. The SMILES string of the molecule is Cc1c2c(c3nsnc3c1C)CCCCCCC2. The van der Waals surface area contributed by atoms with Crippen molar-refractivity contribution in [2.75, 3.05) is 0 Å². The molecule has 1 aromatic carbocycles. The number of hydrogen-bond acceptors (Lipinski definition) is 3. The van der Waals surface area contributed by atoms with E-state index in [2.05, 4.69) is 22.6 Å². The van der Waals surface area contributed by atoms with Gasteiger partial charge in [0.1, 0.15) is 11.0 Å². The van der Waals surface area contributed by atoms with E-state index in [4.69, 9.17) is 0 Å². The third kappa shape index (κ3) is 1.95. The van der Waals surface area contributed by atoms with Crippen molar-refractivity contribution < 1.29 is 0 Å². The molecule has 96 valence electrons. The van der Waals surface area contributed by atoms with Crippen LogP contribution in [0.5, 0.6) is 0 Å². The number of benzene rings is 1. The molecule has 2 nitrogen and oxygen atoms in total. The third-order valence-electron chi connectivity index (χ3n) is 4.36. The van der Waals surface area contributed by atoms with E-state index in [1.54, 1.807) is 5.56 Å². The van der Waals surface area contributed by atoms with Crippen molar-refractivity contribution in [3.63, 3.8) is 0 Å². The van der Waals surface area contributed by atoms with Crippen molar-refractivity contribution in [1.82, 2.24) is 8.75 Å². The van der Waals surface area contributed by atoms with Crippen molar-refractivity contribution in [2.45, 2.75) is 58.8 Å². The molecule has 0 atom stereocenters. The number of nitrogens with zero attached hydrogens (tertiary/aromatic N) is 2. The van der Waals surface area contributed by atoms with Gasteiger partial charge in [-0.2, -0.15) is 8.75 Å². The Morgan fingerprint density at radius 3 is 2.11 bits per heavy atom. The van der Waals surface area contributed by atoms with Gasteiger partial charge in [-0.05, 0) is 61.8 Å². The normalized spacial score (nSPS) is 17.0. The Balaban J connectivity index is 2.22. The number of aromatic nitrogens is 2. The minimum absolute atomic E-state index is 1.15. The standard InChI is InChI=1S/C15H20N2S/c1-10-11(2)14-15(17-18-16-14)13-9-7-5-3-4-6-8-12(10)13/h3-9H2,1-2H3. The molecule has 1 heterocycles. The van der Waals surface area contributed by atoms with Gasteiger partial charge in [0.05, 0.1) is 11.7 Å². The summed E-state index contributed by atoms with van der Waals surface area (Å²) in [6.45, 7) is 4.47. The van der Waals surface area contributed by atoms with Crippen LogP contribution < -0.4 is 0 Å². The second-order valence-corrected chi connectivity index (χ2v) is 5.96. The Morgan fingerprint density at radius 1 is 0.722 bits per heavy atom. The van der Waals surface area contributed by atoms with Gasteiger partial charge in [0.2, 0.25) is 0 Å². The molecule has 1 aliphatic carbocycles. The largest absolute Gasteiger partial charge is 0.173 e. The molecule has 0 saturated carbocycles. The first-order valence-corrected chi connectivity index (χ1v) is 7.75. The fourth-order valence-electron chi connectivity index (χ4n) is 3.15. The summed E-state index contributed by atoms with van der Waals surface area (Å²) in [7, 11) is 0. The lowest BCUT2D eigenvalue weighted by Crippen LogP contribution is -2.02. The summed E-state index contributed by atoms with van der Waals surface area (Å²) in [6.07, 6.45) is 9.20. The van der Waals surface area contributed by atoms with Gasteiger partial charge >= 0.3 is 0 Å². The van der Waals surface area contributed by atoms with Gasteiger partial charge in [0.25, 0.3) is 0 Å². The van der Waals surface area contributed by atoms with E-state index < -0.39 is 0 Å². The molecule has 18 heavy (non-hydrogen) atoms. The summed E-state index contributed by atoms with van der Waals surface area (Å²) in [4.78, 5) is 0. The van der Waals surface area contributed by atoms with E-state index in [1.165, 1.54) is 78.9 Å². The summed E-state index contributed by atoms with van der Waals surface area (Å²) in [5.74, 6) is 0. The molecule has 0 N–H and O–H groups in total. The molecule has 1 aliphatic rings. The van der Waals surface area contributed by atoms with Crippen LogP contribution in [0.15, 0.2) is 0 Å². The molecule has 0 spiro atoms. The first kappa shape index (κ1) is 12.1. The number of fused-ring (bicyclic) bond motifs is 3. The van der Waals surface area contributed by atoms with E-state index in [1.807, 2.05) is 0 Å². The van der Waals surface area contributed by atoms with Gasteiger partial charge < -0.3 is 0 Å². The molecule has 0 aliphatic heterocycles. The van der Waals surface area contributed by atoms with Gasteiger partial charge in [-0.3, -0.25) is 0 Å². The highest BCUT2D eigenvalue weighted by atomic mass is 32.1. The molecule has 0 amide bonds. The Kier molecular flexibility index (Phi) is 3.33. The van der Waals surface area contributed by atoms with E-state index >= 15 is 0 Å². The first-order chi connectivity index (χ1) is 8.79. The van der Waals surface area contributed by atoms with E-state index in [-0.39, 0.29) is 0 Å². The van der Waals surface area contributed by atoms with Crippen molar-refractivity contribution in [3.8, 4) is 0 Å². The van der Waals surface area contributed by atoms with Crippen LogP contribution in [0.25, 0.3) is 11.0 Å². The highest BCUT2D eigenvalue weighted by Gasteiger charge is 2.17. The lowest BCUT2D eigenvalue weighted by molar-refractivity contribution is 0.629. The van der Waals surface area contributed by atoms with Gasteiger partial charge in [-0.15, -0.1) is 0 Å². The molecule has 0 fully saturated rings. The molecular weight excluding hydrogens is 240 g/mol. The smallest absolute Gasteiger partial charge is 0.108 e. The lowest BCUT2D eigenvalue weighted by Gasteiger charge is -2.14. The lowest BCUT2D eigenvalue weighted by atomic mass is 9.90. The van der Waals surface area contributed by atoms with E-state index in [9.17, 15) is 0 Å². The van der Waals surface area contributed by atoms with Crippen molar-refractivity contribution >= 4 is 22.8 Å². The summed E-state index contributed by atoms with van der Waals surface area (Å²) >= 11 is 1.37. The zero-order valence-corrected chi connectivity index (χ0v) is 12.1. The molecule has 3 rings (SSSR count).